The molecule has 3 heterocycles. The largest absolute Gasteiger partial charge is 0.486 e. The fourth-order valence-corrected chi connectivity index (χ4v) is 4.05. The van der Waals surface area contributed by atoms with Crippen LogP contribution in [0.25, 0.3) is 11.3 Å². The number of hydrogen-bond donors (Lipinski definition) is 0. The van der Waals surface area contributed by atoms with Gasteiger partial charge in [-0.3, -0.25) is 9.59 Å². The molecule has 0 atom stereocenters. The van der Waals surface area contributed by atoms with Gasteiger partial charge in [0.05, 0.1) is 0 Å². The van der Waals surface area contributed by atoms with Gasteiger partial charge in [-0.15, -0.1) is 0 Å². The Balaban J connectivity index is 1.22. The van der Waals surface area contributed by atoms with Gasteiger partial charge in [-0.1, -0.05) is 35.5 Å². The third-order valence-corrected chi connectivity index (χ3v) is 5.77. The first-order chi connectivity index (χ1) is 15.2. The molecule has 2 aliphatic heterocycles. The number of nitrogens with zero attached hydrogens (tertiary/aromatic N) is 2. The van der Waals surface area contributed by atoms with Crippen LogP contribution in [0.5, 0.6) is 11.5 Å². The number of likely N-dealkylation sites (tertiary alicyclic amines) is 1. The Kier molecular flexibility index (Phi) is 5.16. The average Bonchev–Trinajstić information content (AvgIpc) is 3.34. The maximum absolute atomic E-state index is 13.0. The first-order valence-electron chi connectivity index (χ1n) is 10.4. The number of fused-ring (bicyclic) bond motifs is 1. The summed E-state index contributed by atoms with van der Waals surface area (Å²) in [5.74, 6) is 1.26. The molecule has 5 rings (SSSR count). The lowest BCUT2D eigenvalue weighted by molar-refractivity contribution is 0.0616. The molecule has 0 aliphatic carbocycles. The van der Waals surface area contributed by atoms with E-state index in [0.29, 0.717) is 61.9 Å². The quantitative estimate of drug-likeness (QED) is 0.599. The van der Waals surface area contributed by atoms with Crippen molar-refractivity contribution in [3.8, 4) is 22.8 Å². The summed E-state index contributed by atoms with van der Waals surface area (Å²) in [7, 11) is 0. The predicted octanol–water partition coefficient (Wildman–Crippen LogP) is 3.85. The SMILES string of the molecule is O=C(c1ccc2c(c1)OCCO2)C1CCN(C(=O)c2cc(-c3ccccc3)no2)CC1. The summed E-state index contributed by atoms with van der Waals surface area (Å²) in [5, 5.41) is 4.02. The van der Waals surface area contributed by atoms with Gasteiger partial charge in [0.1, 0.15) is 18.9 Å². The lowest BCUT2D eigenvalue weighted by Gasteiger charge is -2.30. The number of rotatable bonds is 4. The van der Waals surface area contributed by atoms with Crippen LogP contribution < -0.4 is 9.47 Å². The molecule has 0 unspecified atom stereocenters. The van der Waals surface area contributed by atoms with Crippen LogP contribution in [0.15, 0.2) is 59.1 Å². The summed E-state index contributed by atoms with van der Waals surface area (Å²) in [4.78, 5) is 27.5. The highest BCUT2D eigenvalue weighted by Crippen LogP contribution is 2.33. The van der Waals surface area contributed by atoms with Gasteiger partial charge in [0, 0.05) is 36.2 Å². The number of carbonyl (C=O) groups is 2. The highest BCUT2D eigenvalue weighted by molar-refractivity contribution is 5.99. The summed E-state index contributed by atoms with van der Waals surface area (Å²) < 4.78 is 16.4. The van der Waals surface area contributed by atoms with Gasteiger partial charge in [0.2, 0.25) is 5.76 Å². The average molecular weight is 418 g/mol. The van der Waals surface area contributed by atoms with Crippen molar-refractivity contribution in [3.05, 3.63) is 65.9 Å². The molecule has 1 fully saturated rings. The molecule has 158 valence electrons. The highest BCUT2D eigenvalue weighted by Gasteiger charge is 2.30. The molecule has 7 nitrogen and oxygen atoms in total. The Morgan fingerprint density at radius 2 is 1.65 bits per heavy atom. The number of benzene rings is 2. The number of Topliss-reactive ketones (excluding diaryl/α,β-unsaturated/α-hetero) is 1. The first-order valence-corrected chi connectivity index (χ1v) is 10.4. The fourth-order valence-electron chi connectivity index (χ4n) is 4.05. The normalized spacial score (nSPS) is 16.2. The van der Waals surface area contributed by atoms with E-state index in [9.17, 15) is 9.59 Å². The van der Waals surface area contributed by atoms with Crippen LogP contribution in [-0.4, -0.2) is 48.1 Å². The van der Waals surface area contributed by atoms with E-state index in [1.807, 2.05) is 30.3 Å². The van der Waals surface area contributed by atoms with E-state index >= 15 is 0 Å². The van der Waals surface area contributed by atoms with Crippen molar-refractivity contribution < 1.29 is 23.6 Å². The molecule has 7 heteroatoms. The molecule has 0 saturated carbocycles. The van der Waals surface area contributed by atoms with Gasteiger partial charge < -0.3 is 18.9 Å². The van der Waals surface area contributed by atoms with Crippen molar-refractivity contribution in [2.75, 3.05) is 26.3 Å². The topological polar surface area (TPSA) is 81.9 Å². The minimum absolute atomic E-state index is 0.0788. The molecule has 1 aromatic heterocycles. The number of piperidine rings is 1. The van der Waals surface area contributed by atoms with Crippen molar-refractivity contribution in [1.29, 1.82) is 0 Å². The molecule has 1 amide bonds. The zero-order valence-electron chi connectivity index (χ0n) is 17.0. The second kappa shape index (κ2) is 8.26. The van der Waals surface area contributed by atoms with Gasteiger partial charge in [-0.25, -0.2) is 0 Å². The molecular weight excluding hydrogens is 396 g/mol. The lowest BCUT2D eigenvalue weighted by Crippen LogP contribution is -2.40. The zero-order chi connectivity index (χ0) is 21.2. The number of carbonyl (C=O) groups excluding carboxylic acids is 2. The summed E-state index contributed by atoms with van der Waals surface area (Å²) in [6, 6.07) is 16.6. The smallest absolute Gasteiger partial charge is 0.292 e. The number of ketones is 1. The Hall–Kier alpha value is -3.61. The minimum Gasteiger partial charge on any atom is -0.486 e. The molecule has 0 radical (unpaired) electrons. The number of amides is 1. The summed E-state index contributed by atoms with van der Waals surface area (Å²) in [6.07, 6.45) is 1.22. The number of hydrogen-bond acceptors (Lipinski definition) is 6. The third-order valence-electron chi connectivity index (χ3n) is 5.77. The number of aromatic nitrogens is 1. The van der Waals surface area contributed by atoms with Crippen LogP contribution in [-0.2, 0) is 0 Å². The van der Waals surface area contributed by atoms with E-state index < -0.39 is 0 Å². The van der Waals surface area contributed by atoms with E-state index in [1.54, 1.807) is 29.2 Å². The van der Waals surface area contributed by atoms with Crippen LogP contribution in [0.2, 0.25) is 0 Å². The van der Waals surface area contributed by atoms with Crippen molar-refractivity contribution >= 4 is 11.7 Å². The highest BCUT2D eigenvalue weighted by atomic mass is 16.6. The van der Waals surface area contributed by atoms with E-state index in [1.165, 1.54) is 0 Å². The Morgan fingerprint density at radius 1 is 0.903 bits per heavy atom. The van der Waals surface area contributed by atoms with Gasteiger partial charge >= 0.3 is 0 Å². The Labute approximate surface area is 179 Å². The van der Waals surface area contributed by atoms with Crippen LogP contribution in [0.4, 0.5) is 0 Å². The van der Waals surface area contributed by atoms with Gasteiger partial charge in [0.15, 0.2) is 17.3 Å². The molecule has 3 aromatic rings. The maximum Gasteiger partial charge on any atom is 0.292 e. The molecule has 0 bridgehead atoms. The summed E-state index contributed by atoms with van der Waals surface area (Å²) in [6.45, 7) is 2.01. The summed E-state index contributed by atoms with van der Waals surface area (Å²) >= 11 is 0. The van der Waals surface area contributed by atoms with Crippen molar-refractivity contribution in [1.82, 2.24) is 10.1 Å². The maximum atomic E-state index is 13.0. The first kappa shape index (κ1) is 19.4. The zero-order valence-corrected chi connectivity index (χ0v) is 17.0. The second-order valence-electron chi connectivity index (χ2n) is 7.73. The lowest BCUT2D eigenvalue weighted by atomic mass is 9.88. The summed E-state index contributed by atoms with van der Waals surface area (Å²) in [5.41, 5.74) is 2.15. The molecular formula is C24H22N2O5. The van der Waals surface area contributed by atoms with Crippen molar-refractivity contribution in [3.63, 3.8) is 0 Å². The van der Waals surface area contributed by atoms with E-state index in [2.05, 4.69) is 5.16 Å². The Bertz CT molecular complexity index is 1100. The van der Waals surface area contributed by atoms with Crippen LogP contribution in [0.3, 0.4) is 0 Å². The fraction of sp³-hybridized carbons (Fsp3) is 0.292. The minimum atomic E-state index is -0.195. The van der Waals surface area contributed by atoms with Crippen molar-refractivity contribution in [2.24, 2.45) is 5.92 Å². The van der Waals surface area contributed by atoms with Crippen LogP contribution in [0.1, 0.15) is 33.8 Å². The second-order valence-corrected chi connectivity index (χ2v) is 7.73. The molecule has 2 aliphatic rings. The van der Waals surface area contributed by atoms with E-state index in [-0.39, 0.29) is 23.4 Å². The van der Waals surface area contributed by atoms with E-state index in [0.717, 1.165) is 5.56 Å². The van der Waals surface area contributed by atoms with Gasteiger partial charge in [-0.2, -0.15) is 0 Å². The molecule has 0 spiro atoms. The molecule has 31 heavy (non-hydrogen) atoms. The van der Waals surface area contributed by atoms with Crippen LogP contribution in [0, 0.1) is 5.92 Å². The predicted molar refractivity (Wildman–Crippen MR) is 112 cm³/mol. The Morgan fingerprint density at radius 3 is 2.42 bits per heavy atom. The molecule has 2 aromatic carbocycles. The van der Waals surface area contributed by atoms with Crippen LogP contribution >= 0.6 is 0 Å². The number of ether oxygens (including phenoxy) is 2. The van der Waals surface area contributed by atoms with E-state index in [4.69, 9.17) is 14.0 Å². The standard InChI is InChI=1S/C24H22N2O5/c27-23(18-6-7-20-21(14-18)30-13-12-29-20)17-8-10-26(11-9-17)24(28)22-15-19(25-31-22)16-4-2-1-3-5-16/h1-7,14-15,17H,8-13H2. The monoisotopic (exact) mass is 418 g/mol. The molecule has 0 N–H and O–H groups in total. The third kappa shape index (κ3) is 3.91. The van der Waals surface area contributed by atoms with Gasteiger partial charge in [0.25, 0.3) is 5.91 Å². The molecule has 1 saturated heterocycles. The van der Waals surface area contributed by atoms with Gasteiger partial charge in [-0.05, 0) is 31.0 Å². The van der Waals surface area contributed by atoms with Crippen molar-refractivity contribution in [2.45, 2.75) is 12.8 Å².